The molecule has 1 saturated heterocycles. The molecule has 176 valence electrons. The van der Waals surface area contributed by atoms with Crippen LogP contribution in [-0.4, -0.2) is 47.8 Å². The fraction of sp³-hybridized carbons (Fsp3) is 0.423. The van der Waals surface area contributed by atoms with Gasteiger partial charge in [0, 0.05) is 30.3 Å². The predicted octanol–water partition coefficient (Wildman–Crippen LogP) is 3.70. The van der Waals surface area contributed by atoms with E-state index in [0.29, 0.717) is 37.1 Å². The first-order valence-electron chi connectivity index (χ1n) is 11.5. The summed E-state index contributed by atoms with van der Waals surface area (Å²) in [6.45, 7) is 6.87. The highest BCUT2D eigenvalue weighted by Crippen LogP contribution is 2.23. The van der Waals surface area contributed by atoms with E-state index in [2.05, 4.69) is 10.6 Å². The number of amides is 3. The van der Waals surface area contributed by atoms with Crippen LogP contribution < -0.4 is 10.6 Å². The number of rotatable bonds is 7. The molecule has 2 aromatic carbocycles. The highest BCUT2D eigenvalue weighted by Gasteiger charge is 2.34. The van der Waals surface area contributed by atoms with E-state index in [1.165, 1.54) is 24.3 Å². The van der Waals surface area contributed by atoms with E-state index in [9.17, 15) is 18.8 Å². The highest BCUT2D eigenvalue weighted by molar-refractivity contribution is 5.97. The SMILES string of the molecule is CC[C@H](C)NC(=O)[C@@H](NC(=O)c1ccc(F)cc1)C1CCN(C(=O)c2cccc(C)c2)CC1. The van der Waals surface area contributed by atoms with Crippen molar-refractivity contribution in [1.29, 1.82) is 0 Å². The zero-order chi connectivity index (χ0) is 24.0. The third kappa shape index (κ3) is 6.40. The minimum Gasteiger partial charge on any atom is -0.352 e. The molecular weight excluding hydrogens is 421 g/mol. The molecule has 1 aliphatic heterocycles. The molecule has 7 heteroatoms. The highest BCUT2D eigenvalue weighted by atomic mass is 19.1. The summed E-state index contributed by atoms with van der Waals surface area (Å²) in [5.41, 5.74) is 1.98. The van der Waals surface area contributed by atoms with Crippen molar-refractivity contribution < 1.29 is 18.8 Å². The Kier molecular flexibility index (Phi) is 8.20. The lowest BCUT2D eigenvalue weighted by Gasteiger charge is -2.36. The topological polar surface area (TPSA) is 78.5 Å². The van der Waals surface area contributed by atoms with Gasteiger partial charge in [0.1, 0.15) is 11.9 Å². The van der Waals surface area contributed by atoms with Gasteiger partial charge in [-0.3, -0.25) is 14.4 Å². The van der Waals surface area contributed by atoms with E-state index < -0.39 is 17.8 Å². The van der Waals surface area contributed by atoms with Gasteiger partial charge >= 0.3 is 0 Å². The molecule has 0 saturated carbocycles. The van der Waals surface area contributed by atoms with Crippen LogP contribution in [0.4, 0.5) is 4.39 Å². The molecular formula is C26H32FN3O3. The number of nitrogens with zero attached hydrogens (tertiary/aromatic N) is 1. The number of benzene rings is 2. The second-order valence-corrected chi connectivity index (χ2v) is 8.78. The molecule has 1 heterocycles. The van der Waals surface area contributed by atoms with Crippen molar-refractivity contribution in [3.63, 3.8) is 0 Å². The van der Waals surface area contributed by atoms with Crippen LogP contribution in [0.5, 0.6) is 0 Å². The minimum atomic E-state index is -0.729. The standard InChI is InChI=1S/C26H32FN3O3/c1-4-18(3)28-25(32)23(29-24(31)20-8-10-22(27)11-9-20)19-12-14-30(15-13-19)26(33)21-7-5-6-17(2)16-21/h5-11,16,18-19,23H,4,12-15H2,1-3H3,(H,28,32)(H,29,31)/t18-,23-/m0/s1. The fourth-order valence-electron chi connectivity index (χ4n) is 4.05. The molecule has 3 rings (SSSR count). The largest absolute Gasteiger partial charge is 0.352 e. The maximum absolute atomic E-state index is 13.2. The third-order valence-corrected chi connectivity index (χ3v) is 6.24. The monoisotopic (exact) mass is 453 g/mol. The van der Waals surface area contributed by atoms with Crippen molar-refractivity contribution >= 4 is 17.7 Å². The Morgan fingerprint density at radius 2 is 1.70 bits per heavy atom. The van der Waals surface area contributed by atoms with Crippen LogP contribution in [0.2, 0.25) is 0 Å². The van der Waals surface area contributed by atoms with Crippen LogP contribution in [0.15, 0.2) is 48.5 Å². The zero-order valence-electron chi connectivity index (χ0n) is 19.4. The molecule has 1 aliphatic rings. The van der Waals surface area contributed by atoms with Crippen LogP contribution >= 0.6 is 0 Å². The van der Waals surface area contributed by atoms with Crippen LogP contribution in [-0.2, 0) is 4.79 Å². The Bertz CT molecular complexity index is 985. The summed E-state index contributed by atoms with van der Waals surface area (Å²) in [4.78, 5) is 40.5. The van der Waals surface area contributed by atoms with E-state index in [1.54, 1.807) is 4.90 Å². The smallest absolute Gasteiger partial charge is 0.253 e. The molecule has 0 aliphatic carbocycles. The average Bonchev–Trinajstić information content (AvgIpc) is 2.82. The number of aryl methyl sites for hydroxylation is 1. The second-order valence-electron chi connectivity index (χ2n) is 8.78. The maximum Gasteiger partial charge on any atom is 0.253 e. The quantitative estimate of drug-likeness (QED) is 0.671. The van der Waals surface area contributed by atoms with Gasteiger partial charge in [0.25, 0.3) is 11.8 Å². The molecule has 0 bridgehead atoms. The number of piperidine rings is 1. The number of halogens is 1. The van der Waals surface area contributed by atoms with E-state index in [0.717, 1.165) is 12.0 Å². The number of carbonyl (C=O) groups is 3. The Balaban J connectivity index is 1.70. The first kappa shape index (κ1) is 24.4. The molecule has 0 unspecified atom stereocenters. The van der Waals surface area contributed by atoms with Crippen LogP contribution in [0.25, 0.3) is 0 Å². The summed E-state index contributed by atoms with van der Waals surface area (Å²) in [6, 6.07) is 12.0. The zero-order valence-corrected chi connectivity index (χ0v) is 19.4. The number of carbonyl (C=O) groups excluding carboxylic acids is 3. The maximum atomic E-state index is 13.2. The lowest BCUT2D eigenvalue weighted by Crippen LogP contribution is -2.55. The number of hydrogen-bond donors (Lipinski definition) is 2. The van der Waals surface area contributed by atoms with Gasteiger partial charge < -0.3 is 15.5 Å². The first-order chi connectivity index (χ1) is 15.8. The van der Waals surface area contributed by atoms with Crippen molar-refractivity contribution in [2.45, 2.75) is 52.1 Å². The van der Waals surface area contributed by atoms with Crippen molar-refractivity contribution in [3.8, 4) is 0 Å². The Morgan fingerprint density at radius 3 is 2.30 bits per heavy atom. The lowest BCUT2D eigenvalue weighted by molar-refractivity contribution is -0.125. The van der Waals surface area contributed by atoms with Gasteiger partial charge in [0.05, 0.1) is 0 Å². The summed E-state index contributed by atoms with van der Waals surface area (Å²) in [5, 5.41) is 5.82. The van der Waals surface area contributed by atoms with E-state index >= 15 is 0 Å². The molecule has 1 fully saturated rings. The van der Waals surface area contributed by atoms with E-state index in [1.807, 2.05) is 45.0 Å². The number of likely N-dealkylation sites (tertiary alicyclic amines) is 1. The summed E-state index contributed by atoms with van der Waals surface area (Å²) in [6.07, 6.45) is 1.97. The Morgan fingerprint density at radius 1 is 1.03 bits per heavy atom. The van der Waals surface area contributed by atoms with E-state index in [4.69, 9.17) is 0 Å². The normalized spacial score (nSPS) is 16.1. The summed E-state index contributed by atoms with van der Waals surface area (Å²) < 4.78 is 13.2. The van der Waals surface area contributed by atoms with Crippen molar-refractivity contribution in [3.05, 3.63) is 71.0 Å². The molecule has 3 amide bonds. The first-order valence-corrected chi connectivity index (χ1v) is 11.5. The second kappa shape index (κ2) is 11.1. The van der Waals surface area contributed by atoms with E-state index in [-0.39, 0.29) is 23.8 Å². The Hall–Kier alpha value is -3.22. The minimum absolute atomic E-state index is 0.0203. The van der Waals surface area contributed by atoms with Gasteiger partial charge in [0.15, 0.2) is 0 Å². The van der Waals surface area contributed by atoms with Crippen LogP contribution in [0, 0.1) is 18.7 Å². The molecule has 33 heavy (non-hydrogen) atoms. The van der Waals surface area contributed by atoms with Crippen molar-refractivity contribution in [2.24, 2.45) is 5.92 Å². The predicted molar refractivity (Wildman–Crippen MR) is 125 cm³/mol. The molecule has 2 aromatic rings. The van der Waals surface area contributed by atoms with Gasteiger partial charge in [-0.05, 0) is 75.4 Å². The molecule has 6 nitrogen and oxygen atoms in total. The average molecular weight is 454 g/mol. The molecule has 0 radical (unpaired) electrons. The van der Waals surface area contributed by atoms with Gasteiger partial charge in [-0.2, -0.15) is 0 Å². The summed E-state index contributed by atoms with van der Waals surface area (Å²) in [5.74, 6) is -1.21. The molecule has 2 N–H and O–H groups in total. The van der Waals surface area contributed by atoms with Crippen molar-refractivity contribution in [1.82, 2.24) is 15.5 Å². The summed E-state index contributed by atoms with van der Waals surface area (Å²) >= 11 is 0. The number of nitrogens with one attached hydrogen (secondary N) is 2. The van der Waals surface area contributed by atoms with Gasteiger partial charge in [-0.15, -0.1) is 0 Å². The Labute approximate surface area is 194 Å². The van der Waals surface area contributed by atoms with Gasteiger partial charge in [0.2, 0.25) is 5.91 Å². The molecule has 2 atom stereocenters. The molecule has 0 aromatic heterocycles. The van der Waals surface area contributed by atoms with Crippen molar-refractivity contribution in [2.75, 3.05) is 13.1 Å². The number of hydrogen-bond acceptors (Lipinski definition) is 3. The third-order valence-electron chi connectivity index (χ3n) is 6.24. The summed E-state index contributed by atoms with van der Waals surface area (Å²) in [7, 11) is 0. The van der Waals surface area contributed by atoms with Gasteiger partial charge in [-0.1, -0.05) is 24.6 Å². The molecule has 0 spiro atoms. The van der Waals surface area contributed by atoms with Crippen LogP contribution in [0.1, 0.15) is 59.4 Å². The fourth-order valence-corrected chi connectivity index (χ4v) is 4.05. The lowest BCUT2D eigenvalue weighted by atomic mass is 9.88. The van der Waals surface area contributed by atoms with Gasteiger partial charge in [-0.25, -0.2) is 4.39 Å². The van der Waals surface area contributed by atoms with Crippen LogP contribution in [0.3, 0.4) is 0 Å².